The summed E-state index contributed by atoms with van der Waals surface area (Å²) in [5.74, 6) is 2.03. The number of benzene rings is 3. The van der Waals surface area contributed by atoms with Crippen LogP contribution >= 0.6 is 11.8 Å². The minimum Gasteiger partial charge on any atom is -0.467 e. The molecule has 0 unspecified atom stereocenters. The second-order valence-electron chi connectivity index (χ2n) is 9.60. The standard InChI is InChI=1S/C32H22N6O2S/c1-3-10-21(11-4-1)27-28-30(37(18-23-14-9-17-39-23)29(27)22-12-5-2-6-13-22)33-20-38-31(28)35-26(36-38)19-41-32-34-24-15-7-8-16-25(24)40-32/h1-17,20H,18-19H2. The smallest absolute Gasteiger partial charge is 0.257 e. The molecule has 198 valence electrons. The second kappa shape index (κ2) is 9.79. The first-order chi connectivity index (χ1) is 20.3. The molecule has 8 rings (SSSR count). The fourth-order valence-corrected chi connectivity index (χ4v) is 5.96. The number of furan rings is 1. The average molecular weight is 555 g/mol. The van der Waals surface area contributed by atoms with E-state index in [1.807, 2.05) is 48.5 Å². The summed E-state index contributed by atoms with van der Waals surface area (Å²) in [5, 5.41) is 6.31. The Morgan fingerprint density at radius 3 is 2.32 bits per heavy atom. The van der Waals surface area contributed by atoms with Gasteiger partial charge in [-0.1, -0.05) is 84.6 Å². The molecular weight excluding hydrogens is 532 g/mol. The van der Waals surface area contributed by atoms with E-state index in [0.29, 0.717) is 23.3 Å². The number of nitrogens with zero attached hydrogens (tertiary/aromatic N) is 6. The Balaban J connectivity index is 1.32. The Labute approximate surface area is 238 Å². The van der Waals surface area contributed by atoms with Crippen molar-refractivity contribution in [2.24, 2.45) is 0 Å². The lowest BCUT2D eigenvalue weighted by Gasteiger charge is -2.11. The molecule has 0 aliphatic carbocycles. The van der Waals surface area contributed by atoms with Gasteiger partial charge in [0, 0.05) is 5.56 Å². The van der Waals surface area contributed by atoms with Gasteiger partial charge in [0.1, 0.15) is 23.3 Å². The lowest BCUT2D eigenvalue weighted by Crippen LogP contribution is -2.03. The van der Waals surface area contributed by atoms with E-state index in [2.05, 4.69) is 58.1 Å². The number of hydrogen-bond donors (Lipinski definition) is 0. The predicted octanol–water partition coefficient (Wildman–Crippen LogP) is 7.49. The lowest BCUT2D eigenvalue weighted by atomic mass is 9.99. The van der Waals surface area contributed by atoms with Gasteiger partial charge in [-0.2, -0.15) is 0 Å². The molecule has 0 radical (unpaired) electrons. The molecule has 0 atom stereocenters. The van der Waals surface area contributed by atoms with Crippen molar-refractivity contribution in [3.05, 3.63) is 121 Å². The highest BCUT2D eigenvalue weighted by atomic mass is 32.2. The molecule has 9 heteroatoms. The molecule has 41 heavy (non-hydrogen) atoms. The summed E-state index contributed by atoms with van der Waals surface area (Å²) in [7, 11) is 0. The van der Waals surface area contributed by atoms with Crippen LogP contribution in [0.2, 0.25) is 0 Å². The minimum absolute atomic E-state index is 0.509. The van der Waals surface area contributed by atoms with E-state index in [9.17, 15) is 0 Å². The lowest BCUT2D eigenvalue weighted by molar-refractivity contribution is 0.489. The van der Waals surface area contributed by atoms with Gasteiger partial charge in [0.2, 0.25) is 0 Å². The Kier molecular flexibility index (Phi) is 5.67. The van der Waals surface area contributed by atoms with Crippen molar-refractivity contribution in [1.82, 2.24) is 29.1 Å². The molecule has 0 fully saturated rings. The molecule has 5 aromatic heterocycles. The molecule has 0 saturated carbocycles. The number of hydrogen-bond acceptors (Lipinski definition) is 7. The maximum Gasteiger partial charge on any atom is 0.257 e. The van der Waals surface area contributed by atoms with Crippen molar-refractivity contribution in [1.29, 1.82) is 0 Å². The molecule has 8 aromatic rings. The monoisotopic (exact) mass is 554 g/mol. The highest BCUT2D eigenvalue weighted by Crippen LogP contribution is 2.42. The summed E-state index contributed by atoms with van der Waals surface area (Å²) in [6.45, 7) is 0.526. The first kappa shape index (κ1) is 23.7. The van der Waals surface area contributed by atoms with Crippen LogP contribution in [0.1, 0.15) is 11.6 Å². The van der Waals surface area contributed by atoms with Gasteiger partial charge in [0.05, 0.1) is 29.6 Å². The number of thioether (sulfide) groups is 1. The Morgan fingerprint density at radius 2 is 1.54 bits per heavy atom. The zero-order valence-corrected chi connectivity index (χ0v) is 22.5. The highest BCUT2D eigenvalue weighted by molar-refractivity contribution is 7.98. The fourth-order valence-electron chi connectivity index (χ4n) is 5.27. The molecular formula is C32H22N6O2S. The van der Waals surface area contributed by atoms with Gasteiger partial charge >= 0.3 is 0 Å². The Hall–Kier alpha value is -5.15. The van der Waals surface area contributed by atoms with Crippen LogP contribution in [-0.2, 0) is 12.3 Å². The third-order valence-corrected chi connectivity index (χ3v) is 7.85. The maximum atomic E-state index is 5.89. The first-order valence-corrected chi connectivity index (χ1v) is 14.2. The number of fused-ring (bicyclic) bond motifs is 4. The number of oxazole rings is 1. The van der Waals surface area contributed by atoms with E-state index < -0.39 is 0 Å². The van der Waals surface area contributed by atoms with Crippen molar-refractivity contribution in [2.75, 3.05) is 0 Å². The summed E-state index contributed by atoms with van der Waals surface area (Å²) in [5.41, 5.74) is 7.44. The van der Waals surface area contributed by atoms with Crippen molar-refractivity contribution in [2.45, 2.75) is 17.5 Å². The molecule has 0 spiro atoms. The molecule has 0 bridgehead atoms. The van der Waals surface area contributed by atoms with Crippen molar-refractivity contribution in [3.8, 4) is 22.4 Å². The number of para-hydroxylation sites is 2. The minimum atomic E-state index is 0.509. The molecule has 0 aliphatic rings. The molecule has 3 aromatic carbocycles. The van der Waals surface area contributed by atoms with E-state index >= 15 is 0 Å². The molecule has 5 heterocycles. The SMILES string of the molecule is c1ccc(-c2c(-c3ccccc3)n(Cc3ccco3)c3ncn4nc(CSc5nc6ccccc6o5)nc4c23)cc1. The van der Waals surface area contributed by atoms with Crippen LogP contribution in [0.15, 0.2) is 124 Å². The van der Waals surface area contributed by atoms with E-state index in [4.69, 9.17) is 23.9 Å². The van der Waals surface area contributed by atoms with Gasteiger partial charge in [0.25, 0.3) is 5.22 Å². The average Bonchev–Trinajstić information content (AvgIpc) is 3.82. The summed E-state index contributed by atoms with van der Waals surface area (Å²) >= 11 is 1.47. The maximum absolute atomic E-state index is 5.89. The van der Waals surface area contributed by atoms with Crippen LogP contribution in [0.5, 0.6) is 0 Å². The Morgan fingerprint density at radius 1 is 0.756 bits per heavy atom. The second-order valence-corrected chi connectivity index (χ2v) is 10.5. The molecule has 0 aliphatic heterocycles. The van der Waals surface area contributed by atoms with Gasteiger partial charge < -0.3 is 13.4 Å². The van der Waals surface area contributed by atoms with E-state index in [-0.39, 0.29) is 0 Å². The third-order valence-electron chi connectivity index (χ3n) is 7.03. The predicted molar refractivity (Wildman–Crippen MR) is 159 cm³/mol. The largest absolute Gasteiger partial charge is 0.467 e. The van der Waals surface area contributed by atoms with E-state index in [1.165, 1.54) is 11.8 Å². The summed E-state index contributed by atoms with van der Waals surface area (Å²) in [6.07, 6.45) is 3.44. The van der Waals surface area contributed by atoms with Crippen LogP contribution in [0.4, 0.5) is 0 Å². The number of rotatable bonds is 7. The van der Waals surface area contributed by atoms with Gasteiger partial charge in [-0.05, 0) is 35.4 Å². The van der Waals surface area contributed by atoms with Crippen molar-refractivity contribution >= 4 is 39.5 Å². The fraction of sp³-hybridized carbons (Fsp3) is 0.0625. The van der Waals surface area contributed by atoms with Crippen LogP contribution < -0.4 is 0 Å². The highest BCUT2D eigenvalue weighted by Gasteiger charge is 2.25. The zero-order valence-electron chi connectivity index (χ0n) is 21.7. The van der Waals surface area contributed by atoms with Gasteiger partial charge in [-0.15, -0.1) is 5.10 Å². The van der Waals surface area contributed by atoms with Crippen LogP contribution in [0, 0.1) is 0 Å². The van der Waals surface area contributed by atoms with Gasteiger partial charge in [-0.3, -0.25) is 0 Å². The van der Waals surface area contributed by atoms with E-state index in [0.717, 1.165) is 55.9 Å². The molecule has 0 N–H and O–H groups in total. The van der Waals surface area contributed by atoms with Crippen LogP contribution in [0.25, 0.3) is 50.2 Å². The normalized spacial score (nSPS) is 11.7. The zero-order chi connectivity index (χ0) is 27.2. The summed E-state index contributed by atoms with van der Waals surface area (Å²) < 4.78 is 15.7. The summed E-state index contributed by atoms with van der Waals surface area (Å²) in [6, 6.07) is 32.4. The number of aromatic nitrogens is 6. The van der Waals surface area contributed by atoms with Crippen molar-refractivity contribution < 1.29 is 8.83 Å². The van der Waals surface area contributed by atoms with Crippen molar-refractivity contribution in [3.63, 3.8) is 0 Å². The van der Waals surface area contributed by atoms with Gasteiger partial charge in [0.15, 0.2) is 17.1 Å². The van der Waals surface area contributed by atoms with Crippen LogP contribution in [-0.4, -0.2) is 29.1 Å². The molecule has 0 saturated heterocycles. The summed E-state index contributed by atoms with van der Waals surface area (Å²) in [4.78, 5) is 14.5. The topological polar surface area (TPSA) is 87.2 Å². The Bertz CT molecular complexity index is 2100. The van der Waals surface area contributed by atoms with E-state index in [1.54, 1.807) is 17.1 Å². The van der Waals surface area contributed by atoms with Crippen LogP contribution in [0.3, 0.4) is 0 Å². The first-order valence-electron chi connectivity index (χ1n) is 13.2. The molecule has 0 amide bonds. The third kappa shape index (κ3) is 4.18. The quantitative estimate of drug-likeness (QED) is 0.189. The van der Waals surface area contributed by atoms with Gasteiger partial charge in [-0.25, -0.2) is 19.5 Å². The molecule has 8 nitrogen and oxygen atoms in total.